The van der Waals surface area contributed by atoms with Crippen LogP contribution in [0, 0.1) is 0 Å². The maximum atomic E-state index is 11.8. The maximum Gasteiger partial charge on any atom is 0.195 e. The van der Waals surface area contributed by atoms with Crippen molar-refractivity contribution in [3.05, 3.63) is 33.0 Å². The molecule has 0 saturated heterocycles. The number of allylic oxidation sites excluding steroid dienone is 2. The number of halogens is 1. The summed E-state index contributed by atoms with van der Waals surface area (Å²) >= 11 is 7.15. The molecule has 0 bridgehead atoms. The van der Waals surface area contributed by atoms with E-state index in [0.29, 0.717) is 4.34 Å². The first-order valence-electron chi connectivity index (χ1n) is 5.25. The first-order chi connectivity index (χ1) is 7.25. The van der Waals surface area contributed by atoms with E-state index in [0.717, 1.165) is 17.7 Å². The van der Waals surface area contributed by atoms with Crippen molar-refractivity contribution in [3.63, 3.8) is 0 Å². The fourth-order valence-corrected chi connectivity index (χ4v) is 2.81. The van der Waals surface area contributed by atoms with E-state index >= 15 is 0 Å². The average Bonchev–Trinajstić information content (AvgIpc) is 2.66. The van der Waals surface area contributed by atoms with Gasteiger partial charge in [0, 0.05) is 0 Å². The Morgan fingerprint density at radius 3 is 2.60 bits per heavy atom. The zero-order valence-electron chi connectivity index (χ0n) is 8.46. The molecular weight excluding hydrogens is 228 g/mol. The van der Waals surface area contributed by atoms with Gasteiger partial charge in [0.05, 0.1) is 9.21 Å². The summed E-state index contributed by atoms with van der Waals surface area (Å²) in [5.74, 6) is 0.115. The van der Waals surface area contributed by atoms with Gasteiger partial charge >= 0.3 is 0 Å². The molecule has 1 aromatic heterocycles. The van der Waals surface area contributed by atoms with Gasteiger partial charge in [-0.05, 0) is 43.9 Å². The molecule has 1 aromatic rings. The van der Waals surface area contributed by atoms with Crippen LogP contribution in [0.4, 0.5) is 0 Å². The van der Waals surface area contributed by atoms with Crippen molar-refractivity contribution in [2.45, 2.75) is 32.1 Å². The highest BCUT2D eigenvalue weighted by Crippen LogP contribution is 2.26. The number of carbonyl (C=O) groups excluding carboxylic acids is 1. The van der Waals surface area contributed by atoms with E-state index in [-0.39, 0.29) is 5.78 Å². The van der Waals surface area contributed by atoms with Crippen LogP contribution in [0.2, 0.25) is 4.34 Å². The van der Waals surface area contributed by atoms with Gasteiger partial charge in [-0.3, -0.25) is 4.79 Å². The number of hydrogen-bond donors (Lipinski definition) is 0. The quantitative estimate of drug-likeness (QED) is 0.551. The Kier molecular flexibility index (Phi) is 3.60. The Morgan fingerprint density at radius 2 is 2.00 bits per heavy atom. The van der Waals surface area contributed by atoms with Crippen LogP contribution in [-0.4, -0.2) is 5.78 Å². The van der Waals surface area contributed by atoms with Gasteiger partial charge in [-0.2, -0.15) is 0 Å². The van der Waals surface area contributed by atoms with Crippen molar-refractivity contribution in [2.24, 2.45) is 0 Å². The molecule has 2 rings (SSSR count). The van der Waals surface area contributed by atoms with Gasteiger partial charge in [-0.25, -0.2) is 0 Å². The lowest BCUT2D eigenvalue weighted by molar-refractivity contribution is 0.104. The smallest absolute Gasteiger partial charge is 0.195 e. The maximum absolute atomic E-state index is 11.8. The standard InChI is InChI=1S/C12H13ClOS/c13-12-7-6-11(15-12)10(14)8-9-4-2-1-3-5-9/h6-8H,1-5H2. The third kappa shape index (κ3) is 2.93. The highest BCUT2D eigenvalue weighted by atomic mass is 35.5. The monoisotopic (exact) mass is 240 g/mol. The lowest BCUT2D eigenvalue weighted by atomic mass is 9.94. The van der Waals surface area contributed by atoms with E-state index in [1.54, 1.807) is 18.2 Å². The fraction of sp³-hybridized carbons (Fsp3) is 0.417. The zero-order valence-corrected chi connectivity index (χ0v) is 10.0. The van der Waals surface area contributed by atoms with Gasteiger partial charge in [0.25, 0.3) is 0 Å². The van der Waals surface area contributed by atoms with Crippen LogP contribution in [0.25, 0.3) is 0 Å². The molecule has 0 amide bonds. The van der Waals surface area contributed by atoms with Crippen LogP contribution in [0.3, 0.4) is 0 Å². The van der Waals surface area contributed by atoms with Crippen molar-refractivity contribution in [2.75, 3.05) is 0 Å². The molecule has 1 fully saturated rings. The number of thiophene rings is 1. The third-order valence-corrected chi connectivity index (χ3v) is 3.89. The van der Waals surface area contributed by atoms with Crippen molar-refractivity contribution >= 4 is 28.7 Å². The Morgan fingerprint density at radius 1 is 1.27 bits per heavy atom. The van der Waals surface area contributed by atoms with E-state index in [4.69, 9.17) is 11.6 Å². The molecule has 0 unspecified atom stereocenters. The molecule has 0 radical (unpaired) electrons. The van der Waals surface area contributed by atoms with E-state index < -0.39 is 0 Å². The van der Waals surface area contributed by atoms with Crippen LogP contribution in [0.5, 0.6) is 0 Å². The van der Waals surface area contributed by atoms with Gasteiger partial charge in [-0.15, -0.1) is 11.3 Å². The second-order valence-corrected chi connectivity index (χ2v) is 5.55. The summed E-state index contributed by atoms with van der Waals surface area (Å²) in [7, 11) is 0. The normalized spacial score (nSPS) is 16.5. The second-order valence-electron chi connectivity index (χ2n) is 3.83. The summed E-state index contributed by atoms with van der Waals surface area (Å²) in [6.45, 7) is 0. The Balaban J connectivity index is 2.08. The average molecular weight is 241 g/mol. The van der Waals surface area contributed by atoms with Crippen LogP contribution in [0.15, 0.2) is 23.8 Å². The second kappa shape index (κ2) is 4.95. The Bertz CT molecular complexity index is 384. The minimum atomic E-state index is 0.115. The summed E-state index contributed by atoms with van der Waals surface area (Å²) in [4.78, 5) is 12.5. The molecule has 0 atom stereocenters. The summed E-state index contributed by atoms with van der Waals surface area (Å²) in [5, 5.41) is 0. The van der Waals surface area contributed by atoms with Crippen molar-refractivity contribution in [3.8, 4) is 0 Å². The molecule has 1 aliphatic rings. The summed E-state index contributed by atoms with van der Waals surface area (Å²) in [5.41, 5.74) is 1.30. The summed E-state index contributed by atoms with van der Waals surface area (Å²) in [6.07, 6.45) is 7.74. The predicted molar refractivity (Wildman–Crippen MR) is 64.8 cm³/mol. The van der Waals surface area contributed by atoms with Gasteiger partial charge in [0.15, 0.2) is 5.78 Å². The predicted octanol–water partition coefficient (Wildman–Crippen LogP) is 4.47. The molecule has 1 aliphatic carbocycles. The van der Waals surface area contributed by atoms with Gasteiger partial charge < -0.3 is 0 Å². The number of hydrogen-bond acceptors (Lipinski definition) is 2. The molecule has 0 aliphatic heterocycles. The van der Waals surface area contributed by atoms with Crippen molar-refractivity contribution in [1.82, 2.24) is 0 Å². The minimum Gasteiger partial charge on any atom is -0.288 e. The largest absolute Gasteiger partial charge is 0.288 e. The van der Waals surface area contributed by atoms with E-state index in [1.165, 1.54) is 36.2 Å². The third-order valence-electron chi connectivity index (χ3n) is 2.65. The lowest BCUT2D eigenvalue weighted by Gasteiger charge is -2.12. The van der Waals surface area contributed by atoms with Crippen LogP contribution < -0.4 is 0 Å². The molecule has 3 heteroatoms. The summed E-state index contributed by atoms with van der Waals surface area (Å²) in [6, 6.07) is 3.58. The number of rotatable bonds is 2. The van der Waals surface area contributed by atoms with Gasteiger partial charge in [-0.1, -0.05) is 23.6 Å². The molecule has 0 N–H and O–H groups in total. The minimum absolute atomic E-state index is 0.115. The van der Waals surface area contributed by atoms with E-state index in [2.05, 4.69) is 0 Å². The van der Waals surface area contributed by atoms with Crippen LogP contribution in [-0.2, 0) is 0 Å². The van der Waals surface area contributed by atoms with Crippen molar-refractivity contribution in [1.29, 1.82) is 0 Å². The topological polar surface area (TPSA) is 17.1 Å². The van der Waals surface area contributed by atoms with Crippen molar-refractivity contribution < 1.29 is 4.79 Å². The molecule has 15 heavy (non-hydrogen) atoms. The molecular formula is C12H13ClOS. The van der Waals surface area contributed by atoms with Gasteiger partial charge in [0.1, 0.15) is 0 Å². The Labute approximate surface area is 98.8 Å². The summed E-state index contributed by atoms with van der Waals surface area (Å²) < 4.78 is 0.681. The molecule has 1 nitrogen and oxygen atoms in total. The van der Waals surface area contributed by atoms with E-state index in [1.807, 2.05) is 0 Å². The SMILES string of the molecule is O=C(C=C1CCCCC1)c1ccc(Cl)s1. The lowest BCUT2D eigenvalue weighted by Crippen LogP contribution is -1.98. The molecule has 0 spiro atoms. The molecule has 80 valence electrons. The van der Waals surface area contributed by atoms with Gasteiger partial charge in [0.2, 0.25) is 0 Å². The first kappa shape index (κ1) is 10.9. The first-order valence-corrected chi connectivity index (χ1v) is 6.44. The van der Waals surface area contributed by atoms with Crippen LogP contribution in [0.1, 0.15) is 41.8 Å². The van der Waals surface area contributed by atoms with Crippen LogP contribution >= 0.6 is 22.9 Å². The molecule has 0 aromatic carbocycles. The Hall–Kier alpha value is -0.600. The molecule has 1 heterocycles. The number of carbonyl (C=O) groups is 1. The van der Waals surface area contributed by atoms with E-state index in [9.17, 15) is 4.79 Å². The molecule has 1 saturated carbocycles. The zero-order chi connectivity index (χ0) is 10.7. The fourth-order valence-electron chi connectivity index (χ4n) is 1.85. The highest BCUT2D eigenvalue weighted by molar-refractivity contribution is 7.18. The number of ketones is 1. The highest BCUT2D eigenvalue weighted by Gasteiger charge is 2.10.